The average Bonchev–Trinajstić information content (AvgIpc) is 2.75. The monoisotopic (exact) mass is 567 g/mol. The first-order chi connectivity index (χ1) is 16.5. The fraction of sp³-hybridized carbons (Fsp3) is 0.391. The minimum Gasteiger partial charge on any atom is -0.352 e. The van der Waals surface area contributed by atoms with E-state index in [4.69, 9.17) is 23.2 Å². The van der Waals surface area contributed by atoms with Crippen LogP contribution in [0.4, 0.5) is 18.9 Å². The predicted molar refractivity (Wildman–Crippen MR) is 133 cm³/mol. The van der Waals surface area contributed by atoms with Crippen molar-refractivity contribution in [2.24, 2.45) is 0 Å². The Morgan fingerprint density at radius 1 is 1.03 bits per heavy atom. The highest BCUT2D eigenvalue weighted by molar-refractivity contribution is 7.92. The molecular formula is C23H26Cl2F3N3O4S. The van der Waals surface area contributed by atoms with Gasteiger partial charge in [-0.05, 0) is 56.7 Å². The van der Waals surface area contributed by atoms with E-state index < -0.39 is 56.9 Å². The van der Waals surface area contributed by atoms with Gasteiger partial charge in [0.05, 0.1) is 22.5 Å². The van der Waals surface area contributed by atoms with Crippen LogP contribution < -0.4 is 9.62 Å². The standard InChI is InChI=1S/C23H26Cl2F3N3O4S/c1-14(2)29-22(33)15(3)30(12-16-5-7-17(24)8-6-16)21(32)13-31(36(4,34)35)18-9-10-20(25)19(11-18)23(26,27)28/h5-11,14-15H,12-13H2,1-4H3,(H,29,33)/t15-/m0/s1. The molecule has 13 heteroatoms. The highest BCUT2D eigenvalue weighted by atomic mass is 35.5. The molecule has 36 heavy (non-hydrogen) atoms. The van der Waals surface area contributed by atoms with E-state index in [-0.39, 0.29) is 12.6 Å². The maximum absolute atomic E-state index is 13.4. The van der Waals surface area contributed by atoms with Gasteiger partial charge in [-0.15, -0.1) is 0 Å². The van der Waals surface area contributed by atoms with Crippen molar-refractivity contribution in [2.45, 2.75) is 45.6 Å². The van der Waals surface area contributed by atoms with E-state index >= 15 is 0 Å². The van der Waals surface area contributed by atoms with E-state index in [0.717, 1.165) is 23.3 Å². The topological polar surface area (TPSA) is 86.8 Å². The number of amides is 2. The highest BCUT2D eigenvalue weighted by Gasteiger charge is 2.35. The molecule has 0 aliphatic rings. The summed E-state index contributed by atoms with van der Waals surface area (Å²) in [5, 5.41) is 2.53. The van der Waals surface area contributed by atoms with E-state index in [1.54, 1.807) is 38.1 Å². The van der Waals surface area contributed by atoms with Gasteiger partial charge in [-0.25, -0.2) is 8.42 Å². The van der Waals surface area contributed by atoms with E-state index in [2.05, 4.69) is 5.32 Å². The van der Waals surface area contributed by atoms with Gasteiger partial charge in [0.25, 0.3) is 0 Å². The number of carbonyl (C=O) groups excluding carboxylic acids is 2. The van der Waals surface area contributed by atoms with Gasteiger partial charge >= 0.3 is 6.18 Å². The SMILES string of the molecule is CC(C)NC(=O)[C@H](C)N(Cc1ccc(Cl)cc1)C(=O)CN(c1ccc(Cl)c(C(F)(F)F)c1)S(C)(=O)=O. The smallest absolute Gasteiger partial charge is 0.352 e. The molecule has 1 atom stereocenters. The number of nitrogens with one attached hydrogen (secondary N) is 1. The van der Waals surface area contributed by atoms with E-state index in [0.29, 0.717) is 21.0 Å². The third-order valence-corrected chi connectivity index (χ3v) is 6.81. The molecule has 0 spiro atoms. The van der Waals surface area contributed by atoms with Crippen LogP contribution in [0.3, 0.4) is 0 Å². The van der Waals surface area contributed by atoms with E-state index in [9.17, 15) is 31.2 Å². The predicted octanol–water partition coefficient (Wildman–Crippen LogP) is 4.72. The number of anilines is 1. The van der Waals surface area contributed by atoms with Gasteiger partial charge < -0.3 is 10.2 Å². The first-order valence-corrected chi connectivity index (χ1v) is 13.3. The van der Waals surface area contributed by atoms with Gasteiger partial charge in [0.15, 0.2) is 0 Å². The van der Waals surface area contributed by atoms with Crippen LogP contribution in [0.25, 0.3) is 0 Å². The maximum atomic E-state index is 13.4. The third kappa shape index (κ3) is 8.01. The highest BCUT2D eigenvalue weighted by Crippen LogP contribution is 2.37. The van der Waals surface area contributed by atoms with Crippen molar-refractivity contribution >= 4 is 50.7 Å². The number of carbonyl (C=O) groups is 2. The summed E-state index contributed by atoms with van der Waals surface area (Å²) in [6.07, 6.45) is -4.08. The van der Waals surface area contributed by atoms with Gasteiger partial charge in [-0.1, -0.05) is 35.3 Å². The zero-order valence-electron chi connectivity index (χ0n) is 19.9. The zero-order chi connectivity index (χ0) is 27.4. The summed E-state index contributed by atoms with van der Waals surface area (Å²) in [5.41, 5.74) is -1.03. The molecule has 0 bridgehead atoms. The molecule has 0 heterocycles. The molecular weight excluding hydrogens is 542 g/mol. The fourth-order valence-corrected chi connectivity index (χ4v) is 4.47. The number of nitrogens with zero attached hydrogens (tertiary/aromatic N) is 2. The lowest BCUT2D eigenvalue weighted by atomic mass is 10.1. The molecule has 0 fully saturated rings. The zero-order valence-corrected chi connectivity index (χ0v) is 22.3. The second-order valence-corrected chi connectivity index (χ2v) is 11.2. The first-order valence-electron chi connectivity index (χ1n) is 10.7. The Hall–Kier alpha value is -2.50. The van der Waals surface area contributed by atoms with Crippen molar-refractivity contribution < 1.29 is 31.2 Å². The Labute approximate surface area is 218 Å². The summed E-state index contributed by atoms with van der Waals surface area (Å²) in [6, 6.07) is 7.76. The second kappa shape index (κ2) is 11.7. The number of hydrogen-bond donors (Lipinski definition) is 1. The van der Waals surface area contributed by atoms with Crippen LogP contribution in [0.5, 0.6) is 0 Å². The number of halogens is 5. The minimum absolute atomic E-state index is 0.0747. The lowest BCUT2D eigenvalue weighted by Gasteiger charge is -2.32. The van der Waals surface area contributed by atoms with Crippen LogP contribution in [0.15, 0.2) is 42.5 Å². The molecule has 0 unspecified atom stereocenters. The summed E-state index contributed by atoms with van der Waals surface area (Å²) in [5.74, 6) is -1.28. The summed E-state index contributed by atoms with van der Waals surface area (Å²) in [6.45, 7) is 4.03. The lowest BCUT2D eigenvalue weighted by Crippen LogP contribution is -2.52. The summed E-state index contributed by atoms with van der Waals surface area (Å²) >= 11 is 11.6. The molecule has 1 N–H and O–H groups in total. The van der Waals surface area contributed by atoms with Crippen LogP contribution in [0, 0.1) is 0 Å². The molecule has 0 aliphatic heterocycles. The Morgan fingerprint density at radius 3 is 2.11 bits per heavy atom. The molecule has 2 rings (SSSR count). The Bertz CT molecular complexity index is 1210. The molecule has 2 amide bonds. The van der Waals surface area contributed by atoms with Gasteiger partial charge in [-0.2, -0.15) is 13.2 Å². The number of rotatable bonds is 9. The Kier molecular flexibility index (Phi) is 9.66. The van der Waals surface area contributed by atoms with Crippen molar-refractivity contribution in [1.82, 2.24) is 10.2 Å². The summed E-state index contributed by atoms with van der Waals surface area (Å²) < 4.78 is 65.7. The van der Waals surface area contributed by atoms with E-state index in [1.165, 1.54) is 6.92 Å². The summed E-state index contributed by atoms with van der Waals surface area (Å²) in [7, 11) is -4.21. The quantitative estimate of drug-likeness (QED) is 0.475. The molecule has 0 radical (unpaired) electrons. The molecule has 198 valence electrons. The van der Waals surface area contributed by atoms with Crippen molar-refractivity contribution in [3.8, 4) is 0 Å². The molecule has 0 saturated carbocycles. The maximum Gasteiger partial charge on any atom is 0.417 e. The minimum atomic E-state index is -4.84. The summed E-state index contributed by atoms with van der Waals surface area (Å²) in [4.78, 5) is 27.2. The van der Waals surface area contributed by atoms with Gasteiger partial charge in [0, 0.05) is 17.6 Å². The largest absolute Gasteiger partial charge is 0.417 e. The number of alkyl halides is 3. The normalized spacial score (nSPS) is 12.8. The Morgan fingerprint density at radius 2 is 1.61 bits per heavy atom. The van der Waals surface area contributed by atoms with Gasteiger partial charge in [0.2, 0.25) is 21.8 Å². The van der Waals surface area contributed by atoms with Gasteiger partial charge in [0.1, 0.15) is 12.6 Å². The van der Waals surface area contributed by atoms with Crippen LogP contribution in [-0.2, 0) is 32.3 Å². The number of sulfonamides is 1. The van der Waals surface area contributed by atoms with Crippen LogP contribution in [0.2, 0.25) is 10.0 Å². The lowest BCUT2D eigenvalue weighted by molar-refractivity contribution is -0.139. The molecule has 2 aromatic carbocycles. The third-order valence-electron chi connectivity index (χ3n) is 5.09. The number of hydrogen-bond acceptors (Lipinski definition) is 4. The van der Waals surface area contributed by atoms with Crippen LogP contribution in [-0.4, -0.2) is 50.0 Å². The second-order valence-electron chi connectivity index (χ2n) is 8.42. The van der Waals surface area contributed by atoms with Crippen molar-refractivity contribution in [2.75, 3.05) is 17.1 Å². The first kappa shape index (κ1) is 29.7. The van der Waals surface area contributed by atoms with Crippen LogP contribution >= 0.6 is 23.2 Å². The molecule has 0 aliphatic carbocycles. The van der Waals surface area contributed by atoms with E-state index in [1.807, 2.05) is 0 Å². The van der Waals surface area contributed by atoms with Crippen LogP contribution in [0.1, 0.15) is 31.9 Å². The van der Waals surface area contributed by atoms with Gasteiger partial charge in [-0.3, -0.25) is 13.9 Å². The van der Waals surface area contributed by atoms with Crippen molar-refractivity contribution in [3.05, 3.63) is 63.6 Å². The van der Waals surface area contributed by atoms with Crippen molar-refractivity contribution in [1.29, 1.82) is 0 Å². The Balaban J connectivity index is 2.47. The molecule has 0 aromatic heterocycles. The molecule has 7 nitrogen and oxygen atoms in total. The fourth-order valence-electron chi connectivity index (χ4n) is 3.27. The number of benzene rings is 2. The molecule has 2 aromatic rings. The molecule has 0 saturated heterocycles. The average molecular weight is 568 g/mol. The van der Waals surface area contributed by atoms with Crippen molar-refractivity contribution in [3.63, 3.8) is 0 Å².